The second kappa shape index (κ2) is 13.1. The van der Waals surface area contributed by atoms with Crippen molar-refractivity contribution in [3.63, 3.8) is 0 Å². The fourth-order valence-electron chi connectivity index (χ4n) is 2.83. The van der Waals surface area contributed by atoms with Crippen molar-refractivity contribution in [3.8, 4) is 0 Å². The number of carbonyl (C=O) groups is 1. The van der Waals surface area contributed by atoms with Gasteiger partial charge in [0.2, 0.25) is 0 Å². The van der Waals surface area contributed by atoms with Gasteiger partial charge in [-0.25, -0.2) is 9.78 Å². The Labute approximate surface area is 204 Å². The molecule has 3 aromatic rings. The van der Waals surface area contributed by atoms with E-state index < -0.39 is 0 Å². The average Bonchev–Trinajstić information content (AvgIpc) is 3.20. The van der Waals surface area contributed by atoms with Crippen molar-refractivity contribution in [2.75, 3.05) is 13.6 Å². The van der Waals surface area contributed by atoms with Crippen LogP contribution in [0.5, 0.6) is 0 Å². The van der Waals surface area contributed by atoms with E-state index in [1.54, 1.807) is 24.5 Å². The highest BCUT2D eigenvalue weighted by atomic mass is 127. The third kappa shape index (κ3) is 8.29. The number of rotatable bonds is 8. The Morgan fingerprint density at radius 1 is 1.10 bits per heavy atom. The molecule has 0 radical (unpaired) electrons. The molecule has 2 aromatic carbocycles. The minimum atomic E-state index is -0.332. The van der Waals surface area contributed by atoms with E-state index in [9.17, 15) is 4.79 Å². The highest BCUT2D eigenvalue weighted by Gasteiger charge is 2.09. The van der Waals surface area contributed by atoms with Crippen molar-refractivity contribution in [1.82, 2.24) is 15.6 Å². The standard InChI is InChI=1S/C23H26N4O2S.HI/c1-17-14-26-21(30-17)11-12-25-23(24-2)27-15-19-9-6-10-20(13-19)22(28)29-16-18-7-4-3-5-8-18;/h3-10,13-14H,11-12,15-16H2,1-2H3,(H2,24,25,27);1H. The molecule has 0 saturated heterocycles. The summed E-state index contributed by atoms with van der Waals surface area (Å²) < 4.78 is 5.41. The van der Waals surface area contributed by atoms with Crippen molar-refractivity contribution in [1.29, 1.82) is 0 Å². The number of nitrogens with one attached hydrogen (secondary N) is 2. The lowest BCUT2D eigenvalue weighted by Gasteiger charge is -2.12. The fraction of sp³-hybridized carbons (Fsp3) is 0.261. The van der Waals surface area contributed by atoms with E-state index in [0.29, 0.717) is 18.1 Å². The van der Waals surface area contributed by atoms with Crippen LogP contribution >= 0.6 is 35.3 Å². The van der Waals surface area contributed by atoms with E-state index in [0.717, 1.165) is 29.1 Å². The summed E-state index contributed by atoms with van der Waals surface area (Å²) in [5.41, 5.74) is 2.47. The molecule has 0 aliphatic heterocycles. The molecular formula is C23H27IN4O2S. The lowest BCUT2D eigenvalue weighted by Crippen LogP contribution is -2.37. The molecule has 164 valence electrons. The van der Waals surface area contributed by atoms with Crippen LogP contribution < -0.4 is 10.6 Å². The molecule has 1 aromatic heterocycles. The number of hydrogen-bond donors (Lipinski definition) is 2. The Hall–Kier alpha value is -2.46. The molecule has 31 heavy (non-hydrogen) atoms. The van der Waals surface area contributed by atoms with Crippen molar-refractivity contribution >= 4 is 47.2 Å². The number of nitrogens with zero attached hydrogens (tertiary/aromatic N) is 2. The monoisotopic (exact) mass is 550 g/mol. The zero-order chi connectivity index (χ0) is 21.2. The second-order valence-corrected chi connectivity index (χ2v) is 8.05. The van der Waals surface area contributed by atoms with E-state index in [1.807, 2.05) is 54.7 Å². The lowest BCUT2D eigenvalue weighted by atomic mass is 10.1. The van der Waals surface area contributed by atoms with E-state index in [2.05, 4.69) is 27.5 Å². The highest BCUT2D eigenvalue weighted by Crippen LogP contribution is 2.11. The molecule has 0 atom stereocenters. The van der Waals surface area contributed by atoms with Crippen LogP contribution in [0.25, 0.3) is 0 Å². The maximum absolute atomic E-state index is 12.4. The summed E-state index contributed by atoms with van der Waals surface area (Å²) in [6.07, 6.45) is 2.74. The molecule has 1 heterocycles. The molecule has 0 unspecified atom stereocenters. The van der Waals surface area contributed by atoms with Gasteiger partial charge in [-0.15, -0.1) is 35.3 Å². The van der Waals surface area contributed by atoms with Gasteiger partial charge in [-0.05, 0) is 30.2 Å². The number of halogens is 1. The molecule has 0 amide bonds. The smallest absolute Gasteiger partial charge is 0.338 e. The Morgan fingerprint density at radius 2 is 1.87 bits per heavy atom. The molecule has 8 heteroatoms. The highest BCUT2D eigenvalue weighted by molar-refractivity contribution is 14.0. The third-order valence-corrected chi connectivity index (χ3v) is 5.33. The summed E-state index contributed by atoms with van der Waals surface area (Å²) in [5, 5.41) is 7.67. The second-order valence-electron chi connectivity index (χ2n) is 6.73. The van der Waals surface area contributed by atoms with Gasteiger partial charge in [0.25, 0.3) is 0 Å². The van der Waals surface area contributed by atoms with E-state index in [-0.39, 0.29) is 36.6 Å². The van der Waals surface area contributed by atoms with Crippen molar-refractivity contribution in [3.05, 3.63) is 87.4 Å². The van der Waals surface area contributed by atoms with Gasteiger partial charge < -0.3 is 15.4 Å². The number of ether oxygens (including phenoxy) is 1. The van der Waals surface area contributed by atoms with Crippen LogP contribution in [-0.2, 0) is 24.3 Å². The van der Waals surface area contributed by atoms with Crippen LogP contribution in [0, 0.1) is 6.92 Å². The van der Waals surface area contributed by atoms with Crippen LogP contribution in [0.15, 0.2) is 65.8 Å². The SMILES string of the molecule is CN=C(NCCc1ncc(C)s1)NCc1cccc(C(=O)OCc2ccccc2)c1.I. The average molecular weight is 550 g/mol. The van der Waals surface area contributed by atoms with Gasteiger partial charge in [0, 0.05) is 37.6 Å². The summed E-state index contributed by atoms with van der Waals surface area (Å²) in [6.45, 7) is 3.62. The predicted molar refractivity (Wildman–Crippen MR) is 136 cm³/mol. The van der Waals surface area contributed by atoms with Gasteiger partial charge in [0.1, 0.15) is 6.61 Å². The van der Waals surface area contributed by atoms with Gasteiger partial charge in [-0.1, -0.05) is 42.5 Å². The number of esters is 1. The van der Waals surface area contributed by atoms with E-state index in [1.165, 1.54) is 4.88 Å². The quantitative estimate of drug-likeness (QED) is 0.189. The van der Waals surface area contributed by atoms with Gasteiger partial charge in [-0.2, -0.15) is 0 Å². The van der Waals surface area contributed by atoms with Crippen molar-refractivity contribution < 1.29 is 9.53 Å². The number of benzene rings is 2. The van der Waals surface area contributed by atoms with Crippen LogP contribution in [-0.4, -0.2) is 30.5 Å². The summed E-state index contributed by atoms with van der Waals surface area (Å²) in [4.78, 5) is 22.2. The Bertz CT molecular complexity index is 992. The Kier molecular flexibility index (Phi) is 10.5. The number of hydrogen-bond acceptors (Lipinski definition) is 5. The van der Waals surface area contributed by atoms with Gasteiger partial charge in [0.15, 0.2) is 5.96 Å². The lowest BCUT2D eigenvalue weighted by molar-refractivity contribution is 0.0472. The first-order valence-electron chi connectivity index (χ1n) is 9.80. The number of carbonyl (C=O) groups excluding carboxylic acids is 1. The third-order valence-electron chi connectivity index (χ3n) is 4.36. The predicted octanol–water partition coefficient (Wildman–Crippen LogP) is 4.33. The molecule has 0 aliphatic carbocycles. The molecule has 6 nitrogen and oxygen atoms in total. The van der Waals surface area contributed by atoms with Crippen molar-refractivity contribution in [2.45, 2.75) is 26.5 Å². The van der Waals surface area contributed by atoms with Crippen molar-refractivity contribution in [2.24, 2.45) is 4.99 Å². The van der Waals surface area contributed by atoms with Gasteiger partial charge >= 0.3 is 5.97 Å². The minimum Gasteiger partial charge on any atom is -0.457 e. The Balaban J connectivity index is 0.00000341. The number of aromatic nitrogens is 1. The molecule has 0 bridgehead atoms. The largest absolute Gasteiger partial charge is 0.457 e. The summed E-state index contributed by atoms with van der Waals surface area (Å²) in [6, 6.07) is 17.1. The zero-order valence-corrected chi connectivity index (χ0v) is 20.8. The number of aliphatic imine (C=N–C) groups is 1. The topological polar surface area (TPSA) is 75.6 Å². The molecule has 0 aliphatic rings. The number of aryl methyl sites for hydroxylation is 1. The zero-order valence-electron chi connectivity index (χ0n) is 17.6. The fourth-order valence-corrected chi connectivity index (χ4v) is 3.61. The summed E-state index contributed by atoms with van der Waals surface area (Å²) in [7, 11) is 1.74. The normalized spacial score (nSPS) is 10.8. The van der Waals surface area contributed by atoms with E-state index in [4.69, 9.17) is 4.74 Å². The van der Waals surface area contributed by atoms with Gasteiger partial charge in [0.05, 0.1) is 10.6 Å². The Morgan fingerprint density at radius 3 is 2.58 bits per heavy atom. The minimum absolute atomic E-state index is 0. The molecular weight excluding hydrogens is 523 g/mol. The molecule has 3 rings (SSSR count). The summed E-state index contributed by atoms with van der Waals surface area (Å²) >= 11 is 1.71. The molecule has 0 spiro atoms. The first-order chi connectivity index (χ1) is 14.6. The molecule has 0 fully saturated rings. The number of thiazole rings is 1. The van der Waals surface area contributed by atoms with E-state index >= 15 is 0 Å². The van der Waals surface area contributed by atoms with Crippen LogP contribution in [0.1, 0.15) is 31.4 Å². The number of guanidine groups is 1. The first-order valence-corrected chi connectivity index (χ1v) is 10.6. The molecule has 2 N–H and O–H groups in total. The maximum Gasteiger partial charge on any atom is 0.338 e. The van der Waals surface area contributed by atoms with Crippen LogP contribution in [0.4, 0.5) is 0 Å². The maximum atomic E-state index is 12.4. The van der Waals surface area contributed by atoms with Gasteiger partial charge in [-0.3, -0.25) is 4.99 Å². The van der Waals surface area contributed by atoms with Crippen LogP contribution in [0.2, 0.25) is 0 Å². The first kappa shape index (κ1) is 24.8. The summed E-state index contributed by atoms with van der Waals surface area (Å²) in [5.74, 6) is 0.377. The molecule has 0 saturated carbocycles. The van der Waals surface area contributed by atoms with Crippen LogP contribution in [0.3, 0.4) is 0 Å².